The van der Waals surface area contributed by atoms with Gasteiger partial charge in [0.25, 0.3) is 5.91 Å². The Kier molecular flexibility index (Phi) is 4.84. The van der Waals surface area contributed by atoms with Crippen molar-refractivity contribution < 1.29 is 29.0 Å². The summed E-state index contributed by atoms with van der Waals surface area (Å²) in [6.45, 7) is -0.229. The van der Waals surface area contributed by atoms with Crippen molar-refractivity contribution in [2.45, 2.75) is 17.5 Å². The number of para-hydroxylation sites is 1. The van der Waals surface area contributed by atoms with E-state index >= 15 is 0 Å². The predicted molar refractivity (Wildman–Crippen MR) is 88.6 cm³/mol. The van der Waals surface area contributed by atoms with Crippen LogP contribution in [0.1, 0.15) is 0 Å². The molecule has 0 aliphatic carbocycles. The van der Waals surface area contributed by atoms with Crippen LogP contribution in [-0.4, -0.2) is 59.0 Å². The Bertz CT molecular complexity index is 723. The van der Waals surface area contributed by atoms with Crippen LogP contribution in [-0.2, 0) is 19.1 Å². The molecule has 2 heterocycles. The van der Waals surface area contributed by atoms with E-state index in [4.69, 9.17) is 9.47 Å². The summed E-state index contributed by atoms with van der Waals surface area (Å²) >= 11 is 1.23. The number of carboxylic acid groups (broad SMARTS) is 1. The number of nitrogens with one attached hydrogen (secondary N) is 1. The van der Waals surface area contributed by atoms with E-state index in [2.05, 4.69) is 5.32 Å². The third kappa shape index (κ3) is 3.27. The van der Waals surface area contributed by atoms with Crippen molar-refractivity contribution in [2.75, 3.05) is 13.7 Å². The number of hydrogen-bond donors (Lipinski definition) is 2. The molecular weight excluding hydrogens is 348 g/mol. The highest BCUT2D eigenvalue weighted by Crippen LogP contribution is 2.40. The summed E-state index contributed by atoms with van der Waals surface area (Å²) in [7, 11) is 1.35. The van der Waals surface area contributed by atoms with Crippen molar-refractivity contribution in [2.24, 2.45) is 0 Å². The third-order valence-electron chi connectivity index (χ3n) is 3.85. The van der Waals surface area contributed by atoms with Gasteiger partial charge < -0.3 is 24.8 Å². The number of β-lactam (4-membered cyclic amide) rings is 1. The molecule has 0 bridgehead atoms. The van der Waals surface area contributed by atoms with E-state index in [-0.39, 0.29) is 12.4 Å². The molecular formula is C16H16N2O6S. The highest BCUT2D eigenvalue weighted by molar-refractivity contribution is 8.02. The summed E-state index contributed by atoms with van der Waals surface area (Å²) in [6.07, 6.45) is 0. The lowest BCUT2D eigenvalue weighted by Crippen LogP contribution is -2.74. The van der Waals surface area contributed by atoms with Crippen LogP contribution in [0.4, 0.5) is 0 Å². The van der Waals surface area contributed by atoms with Gasteiger partial charge in [0, 0.05) is 5.41 Å². The molecule has 9 heteroatoms. The number of fused-ring (bicyclic) bond motifs is 1. The molecule has 0 unspecified atom stereocenters. The smallest absolute Gasteiger partial charge is 0.334 e. The van der Waals surface area contributed by atoms with Gasteiger partial charge in [-0.15, -0.1) is 11.8 Å². The first-order valence-electron chi connectivity index (χ1n) is 7.44. The summed E-state index contributed by atoms with van der Waals surface area (Å²) in [5.41, 5.74) is 0. The van der Waals surface area contributed by atoms with Crippen LogP contribution in [0.5, 0.6) is 5.75 Å². The number of nitrogens with zero attached hydrogens (tertiary/aromatic N) is 1. The van der Waals surface area contributed by atoms with Crippen molar-refractivity contribution in [1.82, 2.24) is 10.2 Å². The number of aliphatic carboxylic acids is 1. The topological polar surface area (TPSA) is 105 Å². The fourth-order valence-electron chi connectivity index (χ4n) is 2.66. The summed E-state index contributed by atoms with van der Waals surface area (Å²) in [5, 5.41) is 13.0. The summed E-state index contributed by atoms with van der Waals surface area (Å²) in [5.74, 6) is -1.34. The summed E-state index contributed by atoms with van der Waals surface area (Å²) < 4.78 is 10.4. The molecule has 132 valence electrons. The van der Waals surface area contributed by atoms with Gasteiger partial charge >= 0.3 is 5.97 Å². The molecule has 3 atom stereocenters. The Labute approximate surface area is 147 Å². The van der Waals surface area contributed by atoms with Crippen molar-refractivity contribution in [3.05, 3.63) is 41.5 Å². The maximum absolute atomic E-state index is 12.3. The Morgan fingerprint density at radius 2 is 2.04 bits per heavy atom. The van der Waals surface area contributed by atoms with E-state index in [0.29, 0.717) is 5.75 Å². The first-order chi connectivity index (χ1) is 12.0. The van der Waals surface area contributed by atoms with E-state index in [9.17, 15) is 19.5 Å². The first-order valence-corrected chi connectivity index (χ1v) is 8.39. The number of carbonyl (C=O) groups is 3. The van der Waals surface area contributed by atoms with Gasteiger partial charge in [0.05, 0.1) is 7.11 Å². The van der Waals surface area contributed by atoms with Gasteiger partial charge in [-0.3, -0.25) is 9.59 Å². The molecule has 1 aromatic rings. The molecule has 0 radical (unpaired) electrons. The lowest BCUT2D eigenvalue weighted by atomic mass is 10.0. The largest absolute Gasteiger partial charge is 0.498 e. The maximum Gasteiger partial charge on any atom is 0.334 e. The highest BCUT2D eigenvalue weighted by atomic mass is 32.2. The van der Waals surface area contributed by atoms with E-state index in [0.717, 1.165) is 0 Å². The number of rotatable bonds is 6. The predicted octanol–water partition coefficient (Wildman–Crippen LogP) is 0.406. The average molecular weight is 364 g/mol. The number of carbonyl (C=O) groups excluding carboxylic acids is 2. The third-order valence-corrected chi connectivity index (χ3v) is 5.00. The second-order valence-corrected chi connectivity index (χ2v) is 6.38. The van der Waals surface area contributed by atoms with Crippen LogP contribution in [0.3, 0.4) is 0 Å². The van der Waals surface area contributed by atoms with E-state index in [1.54, 1.807) is 29.7 Å². The van der Waals surface area contributed by atoms with Gasteiger partial charge in [0.1, 0.15) is 22.9 Å². The molecule has 1 fully saturated rings. The van der Waals surface area contributed by atoms with Gasteiger partial charge in [-0.2, -0.15) is 0 Å². The van der Waals surface area contributed by atoms with Gasteiger partial charge in [-0.25, -0.2) is 4.79 Å². The number of benzene rings is 1. The number of methoxy groups -OCH3 is 1. The van der Waals surface area contributed by atoms with Crippen LogP contribution >= 0.6 is 11.8 Å². The van der Waals surface area contributed by atoms with E-state index in [1.807, 2.05) is 6.07 Å². The molecule has 2 aliphatic heterocycles. The zero-order valence-corrected chi connectivity index (χ0v) is 14.1. The van der Waals surface area contributed by atoms with Gasteiger partial charge in [-0.1, -0.05) is 18.2 Å². The minimum Gasteiger partial charge on any atom is -0.498 e. The first kappa shape index (κ1) is 17.2. The zero-order chi connectivity index (χ0) is 18.0. The molecule has 1 saturated heterocycles. The molecule has 3 rings (SSSR count). The molecule has 2 N–H and O–H groups in total. The minimum absolute atomic E-state index is 0.194. The number of carboxylic acids is 1. The quantitative estimate of drug-likeness (QED) is 0.704. The van der Waals surface area contributed by atoms with Gasteiger partial charge in [0.15, 0.2) is 12.6 Å². The second-order valence-electron chi connectivity index (χ2n) is 5.38. The van der Waals surface area contributed by atoms with Crippen molar-refractivity contribution >= 4 is 29.5 Å². The van der Waals surface area contributed by atoms with Crippen molar-refractivity contribution in [3.8, 4) is 5.75 Å². The normalized spacial score (nSPS) is 24.5. The molecule has 0 spiro atoms. The minimum atomic E-state index is -1.18. The second kappa shape index (κ2) is 7.06. The monoisotopic (exact) mass is 364 g/mol. The number of ether oxygens (including phenoxy) is 2. The lowest BCUT2D eigenvalue weighted by Gasteiger charge is -2.50. The standard InChI is InChI=1S/C16H16N2O6S/c1-23-10-8-25-15-12(14(20)18(15)13(10)16(21)22)17-11(19)7-24-9-5-3-2-4-6-9/h2-6,8,12-13,15H,7H2,1H3,(H,17,19)(H,21,22)/t12-,13-,15-/m1/s1. The van der Waals surface area contributed by atoms with Crippen molar-refractivity contribution in [3.63, 3.8) is 0 Å². The Morgan fingerprint density at radius 1 is 1.32 bits per heavy atom. The average Bonchev–Trinajstić information content (AvgIpc) is 2.63. The molecule has 8 nitrogen and oxygen atoms in total. The molecule has 0 saturated carbocycles. The number of amides is 2. The van der Waals surface area contributed by atoms with E-state index in [1.165, 1.54) is 23.8 Å². The van der Waals surface area contributed by atoms with E-state index < -0.39 is 35.2 Å². The summed E-state index contributed by atoms with van der Waals surface area (Å²) in [6, 6.07) is 6.88. The van der Waals surface area contributed by atoms with Crippen LogP contribution in [0.2, 0.25) is 0 Å². The fourth-order valence-corrected chi connectivity index (χ4v) is 3.85. The molecule has 0 aromatic heterocycles. The summed E-state index contributed by atoms with van der Waals surface area (Å²) in [4.78, 5) is 36.9. The number of hydrogen-bond acceptors (Lipinski definition) is 6. The molecule has 25 heavy (non-hydrogen) atoms. The Balaban J connectivity index is 1.60. The van der Waals surface area contributed by atoms with Crippen molar-refractivity contribution in [1.29, 1.82) is 0 Å². The molecule has 2 aliphatic rings. The zero-order valence-electron chi connectivity index (χ0n) is 13.2. The van der Waals surface area contributed by atoms with Crippen LogP contribution < -0.4 is 10.1 Å². The molecule has 2 amide bonds. The Morgan fingerprint density at radius 3 is 2.68 bits per heavy atom. The lowest BCUT2D eigenvalue weighted by molar-refractivity contribution is -0.161. The van der Waals surface area contributed by atoms with Crippen LogP contribution in [0.25, 0.3) is 0 Å². The van der Waals surface area contributed by atoms with Gasteiger partial charge in [0.2, 0.25) is 5.91 Å². The SMILES string of the molecule is COC1=CS[C@@H]2[C@H](NC(=O)COc3ccccc3)C(=O)N2[C@H]1C(=O)O. The van der Waals surface area contributed by atoms with Gasteiger partial charge in [-0.05, 0) is 12.1 Å². The Hall–Kier alpha value is -2.68. The number of thioether (sulfide) groups is 1. The van der Waals surface area contributed by atoms with Crippen LogP contribution in [0, 0.1) is 0 Å². The highest BCUT2D eigenvalue weighted by Gasteiger charge is 2.56. The molecule has 1 aromatic carbocycles. The van der Waals surface area contributed by atoms with Crippen LogP contribution in [0.15, 0.2) is 41.5 Å². The maximum atomic E-state index is 12.3. The fraction of sp³-hybridized carbons (Fsp3) is 0.312.